The van der Waals surface area contributed by atoms with Crippen LogP contribution in [0.1, 0.15) is 44.1 Å². The van der Waals surface area contributed by atoms with Gasteiger partial charge in [-0.25, -0.2) is 0 Å². The van der Waals surface area contributed by atoms with Crippen LogP contribution in [-0.4, -0.2) is 34.5 Å². The Labute approximate surface area is 136 Å². The third-order valence-corrected chi connectivity index (χ3v) is 4.92. The molecule has 22 heavy (non-hydrogen) atoms. The molecule has 1 aromatic carbocycles. The van der Waals surface area contributed by atoms with Gasteiger partial charge in [0.1, 0.15) is 0 Å². The molecule has 2 aliphatic rings. The summed E-state index contributed by atoms with van der Waals surface area (Å²) >= 11 is 6.15. The highest BCUT2D eigenvalue weighted by Gasteiger charge is 2.37. The lowest BCUT2D eigenvalue weighted by Crippen LogP contribution is -2.43. The van der Waals surface area contributed by atoms with E-state index in [4.69, 9.17) is 11.6 Å². The molecule has 0 unspecified atom stereocenters. The van der Waals surface area contributed by atoms with Gasteiger partial charge in [-0.2, -0.15) is 0 Å². The molecular weight excluding hydrogens is 300 g/mol. The van der Waals surface area contributed by atoms with Gasteiger partial charge in [0.05, 0.1) is 23.9 Å². The predicted octanol–water partition coefficient (Wildman–Crippen LogP) is 3.18. The Kier molecular flexibility index (Phi) is 4.89. The van der Waals surface area contributed by atoms with Gasteiger partial charge in [0, 0.05) is 12.1 Å². The van der Waals surface area contributed by atoms with Crippen LogP contribution in [0.5, 0.6) is 0 Å². The van der Waals surface area contributed by atoms with E-state index in [1.54, 1.807) is 18.2 Å². The Balaban J connectivity index is 1.63. The van der Waals surface area contributed by atoms with Gasteiger partial charge in [-0.1, -0.05) is 30.5 Å². The first-order valence-corrected chi connectivity index (χ1v) is 8.51. The fraction of sp³-hybridized carbons (Fsp3) is 0.588. The zero-order valence-corrected chi connectivity index (χ0v) is 13.5. The maximum Gasteiger partial charge on any atom is 0.242 e. The van der Waals surface area contributed by atoms with Crippen LogP contribution in [0.25, 0.3) is 0 Å². The second-order valence-corrected chi connectivity index (χ2v) is 6.70. The van der Waals surface area contributed by atoms with Crippen molar-refractivity contribution in [2.24, 2.45) is 0 Å². The monoisotopic (exact) mass is 322 g/mol. The minimum atomic E-state index is -0.0317. The summed E-state index contributed by atoms with van der Waals surface area (Å²) < 4.78 is 0. The molecule has 2 aliphatic carbocycles. The maximum absolute atomic E-state index is 12.6. The lowest BCUT2D eigenvalue weighted by atomic mass is 10.2. The number of halogens is 1. The lowest BCUT2D eigenvalue weighted by molar-refractivity contribution is -0.132. The number of nitrogens with one attached hydrogen (secondary N) is 1. The number of amides is 1. The number of hydrogen-bond acceptors (Lipinski definition) is 3. The number of nitrogens with zero attached hydrogens (tertiary/aromatic N) is 1. The van der Waals surface area contributed by atoms with Crippen molar-refractivity contribution in [2.45, 2.75) is 57.2 Å². The number of carbonyl (C=O) groups excluding carboxylic acids is 1. The standard InChI is InChI=1S/C17H23ClN2O2/c18-15-8-5-12(11-21)9-16(15)19-10-17(22)20(14-6-7-14)13-3-1-2-4-13/h5,8-9,13-14,19,21H,1-4,6-7,10-11H2. The first-order chi connectivity index (χ1) is 10.7. The van der Waals surface area contributed by atoms with E-state index >= 15 is 0 Å². The molecule has 0 bridgehead atoms. The normalized spacial score (nSPS) is 18.5. The number of aliphatic hydroxyl groups excluding tert-OH is 1. The number of aliphatic hydroxyl groups is 1. The molecule has 1 amide bonds. The van der Waals surface area contributed by atoms with Crippen LogP contribution in [0.3, 0.4) is 0 Å². The maximum atomic E-state index is 12.6. The van der Waals surface area contributed by atoms with E-state index < -0.39 is 0 Å². The molecule has 2 N–H and O–H groups in total. The Hall–Kier alpha value is -1.26. The molecule has 0 spiro atoms. The van der Waals surface area contributed by atoms with E-state index in [2.05, 4.69) is 10.2 Å². The molecule has 3 rings (SSSR count). The van der Waals surface area contributed by atoms with Crippen LogP contribution >= 0.6 is 11.6 Å². The predicted molar refractivity (Wildman–Crippen MR) is 88.0 cm³/mol. The van der Waals surface area contributed by atoms with Crippen LogP contribution in [0.4, 0.5) is 5.69 Å². The molecule has 0 aromatic heterocycles. The van der Waals surface area contributed by atoms with Crippen molar-refractivity contribution in [2.75, 3.05) is 11.9 Å². The molecular formula is C17H23ClN2O2. The van der Waals surface area contributed by atoms with Crippen LogP contribution < -0.4 is 5.32 Å². The minimum absolute atomic E-state index is 0.0317. The van der Waals surface area contributed by atoms with Crippen molar-refractivity contribution in [3.05, 3.63) is 28.8 Å². The molecule has 2 fully saturated rings. The summed E-state index contributed by atoms with van der Waals surface area (Å²) in [6.45, 7) is 0.234. The van der Waals surface area contributed by atoms with E-state index in [0.29, 0.717) is 22.8 Å². The average Bonchev–Trinajstić information content (AvgIpc) is 3.20. The zero-order valence-electron chi connectivity index (χ0n) is 12.7. The largest absolute Gasteiger partial charge is 0.392 e. The zero-order chi connectivity index (χ0) is 15.5. The molecule has 120 valence electrons. The molecule has 5 heteroatoms. The fourth-order valence-electron chi connectivity index (χ4n) is 3.31. The summed E-state index contributed by atoms with van der Waals surface area (Å²) in [5.74, 6) is 0.167. The second kappa shape index (κ2) is 6.88. The number of carbonyl (C=O) groups is 1. The average molecular weight is 323 g/mol. The van der Waals surface area contributed by atoms with Gasteiger partial charge in [0.15, 0.2) is 0 Å². The van der Waals surface area contributed by atoms with E-state index in [9.17, 15) is 9.90 Å². The Morgan fingerprint density at radius 3 is 2.55 bits per heavy atom. The summed E-state index contributed by atoms with van der Waals surface area (Å²) in [4.78, 5) is 14.7. The van der Waals surface area contributed by atoms with Crippen LogP contribution in [0.2, 0.25) is 5.02 Å². The fourth-order valence-corrected chi connectivity index (χ4v) is 3.49. The molecule has 0 aliphatic heterocycles. The third kappa shape index (κ3) is 3.55. The summed E-state index contributed by atoms with van der Waals surface area (Å²) in [5, 5.41) is 12.9. The van der Waals surface area contributed by atoms with Gasteiger partial charge in [-0.05, 0) is 43.4 Å². The Bertz CT molecular complexity index is 539. The molecule has 0 atom stereocenters. The SMILES string of the molecule is O=C(CNc1cc(CO)ccc1Cl)N(C1CCCC1)C1CC1. The molecule has 4 nitrogen and oxygen atoms in total. The number of anilines is 1. The molecule has 0 radical (unpaired) electrons. The molecule has 1 aromatic rings. The summed E-state index contributed by atoms with van der Waals surface area (Å²) in [6, 6.07) is 6.21. The highest BCUT2D eigenvalue weighted by molar-refractivity contribution is 6.33. The van der Waals surface area contributed by atoms with E-state index in [-0.39, 0.29) is 19.1 Å². The highest BCUT2D eigenvalue weighted by atomic mass is 35.5. The quantitative estimate of drug-likeness (QED) is 0.845. The molecule has 0 saturated heterocycles. The highest BCUT2D eigenvalue weighted by Crippen LogP contribution is 2.34. The second-order valence-electron chi connectivity index (χ2n) is 6.30. The summed E-state index contributed by atoms with van der Waals surface area (Å²) in [7, 11) is 0. The lowest BCUT2D eigenvalue weighted by Gasteiger charge is -2.29. The summed E-state index contributed by atoms with van der Waals surface area (Å²) in [6.07, 6.45) is 7.04. The number of rotatable bonds is 6. The Morgan fingerprint density at radius 1 is 1.23 bits per heavy atom. The van der Waals surface area contributed by atoms with Crippen molar-refractivity contribution in [1.29, 1.82) is 0 Å². The van der Waals surface area contributed by atoms with E-state index in [0.717, 1.165) is 31.2 Å². The van der Waals surface area contributed by atoms with Gasteiger partial charge in [0.25, 0.3) is 0 Å². The Morgan fingerprint density at radius 2 is 1.91 bits per heavy atom. The number of benzene rings is 1. The van der Waals surface area contributed by atoms with Crippen molar-refractivity contribution in [1.82, 2.24) is 4.90 Å². The topological polar surface area (TPSA) is 52.6 Å². The van der Waals surface area contributed by atoms with Crippen LogP contribution in [0, 0.1) is 0 Å². The summed E-state index contributed by atoms with van der Waals surface area (Å²) in [5.41, 5.74) is 1.50. The van der Waals surface area contributed by atoms with Crippen molar-refractivity contribution < 1.29 is 9.90 Å². The molecule has 2 saturated carbocycles. The first kappa shape index (κ1) is 15.6. The smallest absolute Gasteiger partial charge is 0.242 e. The van der Waals surface area contributed by atoms with Crippen molar-refractivity contribution in [3.8, 4) is 0 Å². The van der Waals surface area contributed by atoms with Gasteiger partial charge >= 0.3 is 0 Å². The van der Waals surface area contributed by atoms with Crippen molar-refractivity contribution in [3.63, 3.8) is 0 Å². The van der Waals surface area contributed by atoms with Crippen LogP contribution in [0.15, 0.2) is 18.2 Å². The number of hydrogen-bond donors (Lipinski definition) is 2. The van der Waals surface area contributed by atoms with Crippen LogP contribution in [-0.2, 0) is 11.4 Å². The van der Waals surface area contributed by atoms with E-state index in [1.807, 2.05) is 0 Å². The minimum Gasteiger partial charge on any atom is -0.392 e. The van der Waals surface area contributed by atoms with E-state index in [1.165, 1.54) is 12.8 Å². The first-order valence-electron chi connectivity index (χ1n) is 8.13. The third-order valence-electron chi connectivity index (χ3n) is 4.59. The van der Waals surface area contributed by atoms with Gasteiger partial charge in [-0.15, -0.1) is 0 Å². The molecule has 0 heterocycles. The van der Waals surface area contributed by atoms with Gasteiger partial charge in [0.2, 0.25) is 5.91 Å². The van der Waals surface area contributed by atoms with Gasteiger partial charge < -0.3 is 15.3 Å². The van der Waals surface area contributed by atoms with Gasteiger partial charge in [-0.3, -0.25) is 4.79 Å². The van der Waals surface area contributed by atoms with Crippen molar-refractivity contribution >= 4 is 23.2 Å².